The number of rotatable bonds is 6. The molecule has 0 aliphatic rings. The van der Waals surface area contributed by atoms with E-state index in [9.17, 15) is 0 Å². The van der Waals surface area contributed by atoms with Gasteiger partial charge in [0, 0.05) is 27.2 Å². The van der Waals surface area contributed by atoms with Crippen molar-refractivity contribution in [3.05, 3.63) is 188 Å². The van der Waals surface area contributed by atoms with Gasteiger partial charge in [-0.1, -0.05) is 134 Å². The van der Waals surface area contributed by atoms with E-state index in [1.807, 2.05) is 0 Å². The second kappa shape index (κ2) is 12.3. The molecule has 2 heteroatoms. The number of furan rings is 1. The lowest BCUT2D eigenvalue weighted by Crippen LogP contribution is -1.96. The SMILES string of the molecule is CCc1ccc2c(c1)oc1cc(-c3ccc4c(c3)c3ccccc3n4-c3cc(-c4ccccc4)cc(-c4ccc(-c5ccccc5)cc4)c3)ccc12. The maximum Gasteiger partial charge on any atom is 0.136 e. The third kappa shape index (κ3) is 5.11. The van der Waals surface area contributed by atoms with Crippen molar-refractivity contribution < 1.29 is 4.42 Å². The van der Waals surface area contributed by atoms with Crippen molar-refractivity contribution in [1.29, 1.82) is 0 Å². The van der Waals surface area contributed by atoms with Crippen LogP contribution in [-0.2, 0) is 6.42 Å². The number of aromatic nitrogens is 1. The van der Waals surface area contributed by atoms with Crippen LogP contribution in [-0.4, -0.2) is 4.57 Å². The molecule has 0 spiro atoms. The van der Waals surface area contributed by atoms with E-state index >= 15 is 0 Å². The van der Waals surface area contributed by atoms with Crippen molar-refractivity contribution in [2.24, 2.45) is 0 Å². The predicted molar refractivity (Wildman–Crippen MR) is 219 cm³/mol. The highest BCUT2D eigenvalue weighted by molar-refractivity contribution is 6.11. The molecule has 52 heavy (non-hydrogen) atoms. The molecule has 2 aromatic heterocycles. The first-order valence-electron chi connectivity index (χ1n) is 18.1. The number of hydrogen-bond donors (Lipinski definition) is 0. The predicted octanol–water partition coefficient (Wildman–Crippen LogP) is 13.9. The van der Waals surface area contributed by atoms with Crippen molar-refractivity contribution in [3.8, 4) is 50.2 Å². The minimum absolute atomic E-state index is 0.922. The number of para-hydroxylation sites is 1. The standard InChI is InChI=1S/C50H35NO/c1-2-33-17-24-44-45-25-22-39(32-50(45)52-49(44)27-33)38-23-26-48-46(31-38)43-15-9-10-16-47(43)51(48)42-29-40(35-13-7-4-8-14-35)28-41(30-42)37-20-18-36(19-21-37)34-11-5-3-6-12-34/h3-32H,2H2,1H3. The van der Waals surface area contributed by atoms with Crippen LogP contribution in [0.25, 0.3) is 93.9 Å². The Kier molecular flexibility index (Phi) is 7.14. The number of hydrogen-bond acceptors (Lipinski definition) is 1. The van der Waals surface area contributed by atoms with Crippen LogP contribution in [0.1, 0.15) is 12.5 Å². The molecule has 0 saturated heterocycles. The summed E-state index contributed by atoms with van der Waals surface area (Å²) in [6.07, 6.45) is 0.992. The van der Waals surface area contributed by atoms with E-state index in [1.165, 1.54) is 71.7 Å². The zero-order valence-electron chi connectivity index (χ0n) is 28.9. The highest BCUT2D eigenvalue weighted by Gasteiger charge is 2.16. The molecule has 0 fully saturated rings. The van der Waals surface area contributed by atoms with E-state index in [4.69, 9.17) is 4.42 Å². The van der Waals surface area contributed by atoms with Gasteiger partial charge in [0.05, 0.1) is 11.0 Å². The molecule has 0 bridgehead atoms. The monoisotopic (exact) mass is 665 g/mol. The minimum atomic E-state index is 0.922. The van der Waals surface area contributed by atoms with Gasteiger partial charge in [0.25, 0.3) is 0 Å². The van der Waals surface area contributed by atoms with Crippen LogP contribution in [0.4, 0.5) is 0 Å². The van der Waals surface area contributed by atoms with E-state index in [2.05, 4.69) is 193 Å². The molecule has 8 aromatic carbocycles. The molecule has 0 aliphatic carbocycles. The number of benzene rings is 8. The molecular formula is C50H35NO. The molecule has 0 saturated carbocycles. The zero-order valence-corrected chi connectivity index (χ0v) is 28.9. The molecule has 10 aromatic rings. The average Bonchev–Trinajstić information content (AvgIpc) is 3.75. The average molecular weight is 666 g/mol. The Morgan fingerprint density at radius 1 is 0.365 bits per heavy atom. The van der Waals surface area contributed by atoms with Gasteiger partial charge >= 0.3 is 0 Å². The molecular weight excluding hydrogens is 631 g/mol. The molecule has 0 unspecified atom stereocenters. The topological polar surface area (TPSA) is 18.1 Å². The Bertz CT molecular complexity index is 2910. The van der Waals surface area contributed by atoms with Crippen LogP contribution in [0.15, 0.2) is 186 Å². The Labute approximate surface area is 302 Å². The highest BCUT2D eigenvalue weighted by Crippen LogP contribution is 2.39. The lowest BCUT2D eigenvalue weighted by atomic mass is 9.96. The van der Waals surface area contributed by atoms with Crippen molar-refractivity contribution in [1.82, 2.24) is 4.57 Å². The Hall–Kier alpha value is -6.64. The maximum absolute atomic E-state index is 6.40. The zero-order chi connectivity index (χ0) is 34.6. The molecule has 0 atom stereocenters. The lowest BCUT2D eigenvalue weighted by Gasteiger charge is -2.14. The lowest BCUT2D eigenvalue weighted by molar-refractivity contribution is 0.668. The number of nitrogens with zero attached hydrogens (tertiary/aromatic N) is 1. The van der Waals surface area contributed by atoms with Gasteiger partial charge in [0.15, 0.2) is 0 Å². The quantitative estimate of drug-likeness (QED) is 0.173. The van der Waals surface area contributed by atoms with Gasteiger partial charge in [0.2, 0.25) is 0 Å². The summed E-state index contributed by atoms with van der Waals surface area (Å²) in [5, 5.41) is 4.78. The summed E-state index contributed by atoms with van der Waals surface area (Å²) in [5.74, 6) is 0. The molecule has 246 valence electrons. The first-order chi connectivity index (χ1) is 25.7. The largest absolute Gasteiger partial charge is 0.456 e. The Balaban J connectivity index is 1.13. The summed E-state index contributed by atoms with van der Waals surface area (Å²) < 4.78 is 8.82. The fraction of sp³-hybridized carbons (Fsp3) is 0.0400. The van der Waals surface area contributed by atoms with Gasteiger partial charge in [-0.2, -0.15) is 0 Å². The summed E-state index contributed by atoms with van der Waals surface area (Å²) in [4.78, 5) is 0. The van der Waals surface area contributed by atoms with Gasteiger partial charge in [-0.15, -0.1) is 0 Å². The van der Waals surface area contributed by atoms with Crippen molar-refractivity contribution in [2.45, 2.75) is 13.3 Å². The first kappa shape index (κ1) is 30.2. The Morgan fingerprint density at radius 2 is 0.885 bits per heavy atom. The third-order valence-electron chi connectivity index (χ3n) is 10.6. The van der Waals surface area contributed by atoms with Crippen LogP contribution < -0.4 is 0 Å². The van der Waals surface area contributed by atoms with Gasteiger partial charge in [-0.25, -0.2) is 0 Å². The van der Waals surface area contributed by atoms with E-state index in [-0.39, 0.29) is 0 Å². The molecule has 0 amide bonds. The van der Waals surface area contributed by atoms with E-state index in [1.54, 1.807) is 0 Å². The van der Waals surface area contributed by atoms with Gasteiger partial charge in [0.1, 0.15) is 11.2 Å². The molecule has 0 aliphatic heterocycles. The second-order valence-electron chi connectivity index (χ2n) is 13.7. The normalized spacial score (nSPS) is 11.6. The van der Waals surface area contributed by atoms with Gasteiger partial charge in [-0.3, -0.25) is 0 Å². The van der Waals surface area contributed by atoms with Gasteiger partial charge in [-0.05, 0) is 111 Å². The van der Waals surface area contributed by atoms with Crippen molar-refractivity contribution in [3.63, 3.8) is 0 Å². The number of aryl methyl sites for hydroxylation is 1. The van der Waals surface area contributed by atoms with Crippen LogP contribution in [0.3, 0.4) is 0 Å². The van der Waals surface area contributed by atoms with Crippen LogP contribution in [0, 0.1) is 0 Å². The maximum atomic E-state index is 6.40. The van der Waals surface area contributed by atoms with Crippen molar-refractivity contribution >= 4 is 43.7 Å². The molecule has 0 N–H and O–H groups in total. The summed E-state index contributed by atoms with van der Waals surface area (Å²) in [6, 6.07) is 66.1. The van der Waals surface area contributed by atoms with Crippen LogP contribution in [0.2, 0.25) is 0 Å². The summed E-state index contributed by atoms with van der Waals surface area (Å²) in [5.41, 5.74) is 16.2. The fourth-order valence-electron chi connectivity index (χ4n) is 7.84. The molecule has 0 radical (unpaired) electrons. The smallest absolute Gasteiger partial charge is 0.136 e. The van der Waals surface area contributed by atoms with E-state index in [0.29, 0.717) is 0 Å². The molecule has 2 nitrogen and oxygen atoms in total. The molecule has 2 heterocycles. The van der Waals surface area contributed by atoms with Crippen molar-refractivity contribution in [2.75, 3.05) is 0 Å². The summed E-state index contributed by atoms with van der Waals surface area (Å²) >= 11 is 0. The van der Waals surface area contributed by atoms with Crippen LogP contribution in [0.5, 0.6) is 0 Å². The summed E-state index contributed by atoms with van der Waals surface area (Å²) in [7, 11) is 0. The highest BCUT2D eigenvalue weighted by atomic mass is 16.3. The number of fused-ring (bicyclic) bond motifs is 6. The second-order valence-corrected chi connectivity index (χ2v) is 13.7. The minimum Gasteiger partial charge on any atom is -0.456 e. The summed E-state index contributed by atoms with van der Waals surface area (Å²) in [6.45, 7) is 2.18. The third-order valence-corrected chi connectivity index (χ3v) is 10.6. The van der Waals surface area contributed by atoms with Crippen LogP contribution >= 0.6 is 0 Å². The van der Waals surface area contributed by atoms with Gasteiger partial charge < -0.3 is 8.98 Å². The first-order valence-corrected chi connectivity index (χ1v) is 18.1. The Morgan fingerprint density at radius 3 is 1.60 bits per heavy atom. The molecule has 10 rings (SSSR count). The van der Waals surface area contributed by atoms with E-state index < -0.39 is 0 Å². The van der Waals surface area contributed by atoms with E-state index in [0.717, 1.165) is 34.2 Å². The fourth-order valence-corrected chi connectivity index (χ4v) is 7.84.